The number of carbonyl (C=O) groups excluding carboxylic acids is 2. The third kappa shape index (κ3) is 5.84. The predicted molar refractivity (Wildman–Crippen MR) is 111 cm³/mol. The van der Waals surface area contributed by atoms with Crippen molar-refractivity contribution in [2.45, 2.75) is 52.6 Å². The number of benzene rings is 2. The molecule has 0 fully saturated rings. The first kappa shape index (κ1) is 21.5. The van der Waals surface area contributed by atoms with Gasteiger partial charge in [-0.3, -0.25) is 4.79 Å². The lowest BCUT2D eigenvalue weighted by atomic mass is 9.87. The quantitative estimate of drug-likeness (QED) is 0.687. The Morgan fingerprint density at radius 1 is 0.964 bits per heavy atom. The molecule has 0 radical (unpaired) electrons. The molecule has 1 atom stereocenters. The smallest absolute Gasteiger partial charge is 0.338 e. The van der Waals surface area contributed by atoms with Crippen LogP contribution in [0.3, 0.4) is 0 Å². The molecule has 1 N–H and O–H groups in total. The number of amides is 1. The molecule has 2 aromatic rings. The fourth-order valence-corrected chi connectivity index (χ4v) is 2.65. The summed E-state index contributed by atoms with van der Waals surface area (Å²) in [5.74, 6) is 0.0489. The number of ether oxygens (including phenoxy) is 2. The molecule has 0 aliphatic rings. The molecule has 150 valence electrons. The molecule has 0 aromatic heterocycles. The maximum absolute atomic E-state index is 12.6. The van der Waals surface area contributed by atoms with Crippen molar-refractivity contribution < 1.29 is 19.1 Å². The third-order valence-electron chi connectivity index (χ3n) is 4.33. The average Bonchev–Trinajstić information content (AvgIpc) is 2.66. The van der Waals surface area contributed by atoms with Gasteiger partial charge >= 0.3 is 5.97 Å². The molecule has 1 amide bonds. The molecule has 0 heterocycles. The SMILES string of the molecule is CCOC(=O)c1ccc(NC(=O)[C@@H](CC)Oc2ccc(C(C)(C)C)cc2)cc1. The van der Waals surface area contributed by atoms with E-state index >= 15 is 0 Å². The monoisotopic (exact) mass is 383 g/mol. The van der Waals surface area contributed by atoms with Crippen molar-refractivity contribution in [2.24, 2.45) is 0 Å². The number of rotatable bonds is 7. The van der Waals surface area contributed by atoms with Gasteiger partial charge in [-0.2, -0.15) is 0 Å². The summed E-state index contributed by atoms with van der Waals surface area (Å²) in [6, 6.07) is 14.4. The van der Waals surface area contributed by atoms with Gasteiger partial charge in [0.25, 0.3) is 5.91 Å². The molecule has 2 rings (SSSR count). The van der Waals surface area contributed by atoms with E-state index in [1.807, 2.05) is 31.2 Å². The summed E-state index contributed by atoms with van der Waals surface area (Å²) in [4.78, 5) is 24.3. The molecular weight excluding hydrogens is 354 g/mol. The van der Waals surface area contributed by atoms with Gasteiger partial charge in [-0.25, -0.2) is 4.79 Å². The fourth-order valence-electron chi connectivity index (χ4n) is 2.65. The lowest BCUT2D eigenvalue weighted by Crippen LogP contribution is -2.32. The molecule has 0 aliphatic heterocycles. The van der Waals surface area contributed by atoms with E-state index in [2.05, 4.69) is 26.1 Å². The van der Waals surface area contributed by atoms with Crippen molar-refractivity contribution in [3.8, 4) is 5.75 Å². The summed E-state index contributed by atoms with van der Waals surface area (Å²) in [6.07, 6.45) is -0.0708. The zero-order valence-electron chi connectivity index (χ0n) is 17.2. The summed E-state index contributed by atoms with van der Waals surface area (Å²) in [5, 5.41) is 2.83. The van der Waals surface area contributed by atoms with Crippen molar-refractivity contribution in [3.63, 3.8) is 0 Å². The molecule has 5 nitrogen and oxygen atoms in total. The van der Waals surface area contributed by atoms with Crippen LogP contribution in [0.4, 0.5) is 5.69 Å². The summed E-state index contributed by atoms with van der Waals surface area (Å²) in [5.41, 5.74) is 2.32. The Kier molecular flexibility index (Phi) is 7.21. The van der Waals surface area contributed by atoms with Crippen LogP contribution in [0, 0.1) is 0 Å². The van der Waals surface area contributed by atoms with Gasteiger partial charge in [0.2, 0.25) is 0 Å². The van der Waals surface area contributed by atoms with E-state index in [-0.39, 0.29) is 17.3 Å². The Morgan fingerprint density at radius 3 is 2.07 bits per heavy atom. The highest BCUT2D eigenvalue weighted by Crippen LogP contribution is 2.25. The molecule has 0 aliphatic carbocycles. The number of nitrogens with one attached hydrogen (secondary N) is 1. The fraction of sp³-hybridized carbons (Fsp3) is 0.391. The van der Waals surface area contributed by atoms with Gasteiger partial charge in [0.15, 0.2) is 6.10 Å². The van der Waals surface area contributed by atoms with Crippen LogP contribution < -0.4 is 10.1 Å². The average molecular weight is 383 g/mol. The van der Waals surface area contributed by atoms with E-state index in [9.17, 15) is 9.59 Å². The first-order valence-corrected chi connectivity index (χ1v) is 9.59. The van der Waals surface area contributed by atoms with Gasteiger partial charge in [0.1, 0.15) is 5.75 Å². The van der Waals surface area contributed by atoms with Crippen LogP contribution in [0.5, 0.6) is 5.75 Å². The van der Waals surface area contributed by atoms with Crippen LogP contribution in [-0.2, 0) is 14.9 Å². The Hall–Kier alpha value is -2.82. The Bertz CT molecular complexity index is 789. The molecule has 0 saturated heterocycles. The highest BCUT2D eigenvalue weighted by Gasteiger charge is 2.19. The number of carbonyl (C=O) groups is 2. The maximum atomic E-state index is 12.6. The Morgan fingerprint density at radius 2 is 1.57 bits per heavy atom. The van der Waals surface area contributed by atoms with Crippen LogP contribution in [0.15, 0.2) is 48.5 Å². The van der Waals surface area contributed by atoms with Crippen molar-refractivity contribution in [1.82, 2.24) is 0 Å². The summed E-state index contributed by atoms with van der Waals surface area (Å²) in [7, 11) is 0. The molecule has 0 spiro atoms. The summed E-state index contributed by atoms with van der Waals surface area (Å²) >= 11 is 0. The largest absolute Gasteiger partial charge is 0.481 e. The Balaban J connectivity index is 2.00. The molecule has 0 saturated carbocycles. The van der Waals surface area contributed by atoms with Crippen LogP contribution in [0.1, 0.15) is 57.0 Å². The Labute approximate surface area is 167 Å². The van der Waals surface area contributed by atoms with Gasteiger partial charge in [0, 0.05) is 5.69 Å². The van der Waals surface area contributed by atoms with Crippen LogP contribution in [0.25, 0.3) is 0 Å². The molecule has 28 heavy (non-hydrogen) atoms. The molecule has 0 bridgehead atoms. The molecular formula is C23H29NO4. The van der Waals surface area contributed by atoms with E-state index in [0.717, 1.165) is 0 Å². The minimum Gasteiger partial charge on any atom is -0.481 e. The summed E-state index contributed by atoms with van der Waals surface area (Å²) < 4.78 is 10.8. The van der Waals surface area contributed by atoms with Gasteiger partial charge in [-0.05, 0) is 60.7 Å². The highest BCUT2D eigenvalue weighted by molar-refractivity contribution is 5.95. The number of hydrogen-bond acceptors (Lipinski definition) is 4. The molecule has 5 heteroatoms. The summed E-state index contributed by atoms with van der Waals surface area (Å²) in [6.45, 7) is 10.4. The van der Waals surface area contributed by atoms with Crippen molar-refractivity contribution in [3.05, 3.63) is 59.7 Å². The van der Waals surface area contributed by atoms with Crippen molar-refractivity contribution in [1.29, 1.82) is 0 Å². The van der Waals surface area contributed by atoms with E-state index in [0.29, 0.717) is 30.0 Å². The first-order chi connectivity index (χ1) is 13.2. The second-order valence-electron chi connectivity index (χ2n) is 7.58. The second kappa shape index (κ2) is 9.40. The third-order valence-corrected chi connectivity index (χ3v) is 4.33. The van der Waals surface area contributed by atoms with Crippen LogP contribution in [0.2, 0.25) is 0 Å². The van der Waals surface area contributed by atoms with E-state index in [1.54, 1.807) is 31.2 Å². The predicted octanol–water partition coefficient (Wildman–Crippen LogP) is 4.96. The molecule has 2 aromatic carbocycles. The lowest BCUT2D eigenvalue weighted by Gasteiger charge is -2.21. The zero-order valence-corrected chi connectivity index (χ0v) is 17.2. The topological polar surface area (TPSA) is 64.6 Å². The number of esters is 1. The standard InChI is InChI=1S/C23H29NO4/c1-6-20(28-19-14-10-17(11-15-19)23(3,4)5)21(25)24-18-12-8-16(9-13-18)22(26)27-7-2/h8-15,20H,6-7H2,1-5H3,(H,24,25)/t20-/m1/s1. The zero-order chi connectivity index (χ0) is 20.7. The second-order valence-corrected chi connectivity index (χ2v) is 7.58. The minimum absolute atomic E-state index is 0.0653. The van der Waals surface area contributed by atoms with Crippen LogP contribution in [-0.4, -0.2) is 24.6 Å². The highest BCUT2D eigenvalue weighted by atomic mass is 16.5. The van der Waals surface area contributed by atoms with E-state index in [4.69, 9.17) is 9.47 Å². The van der Waals surface area contributed by atoms with Gasteiger partial charge in [-0.1, -0.05) is 39.8 Å². The maximum Gasteiger partial charge on any atom is 0.338 e. The number of hydrogen-bond donors (Lipinski definition) is 1. The van der Waals surface area contributed by atoms with Gasteiger partial charge < -0.3 is 14.8 Å². The van der Waals surface area contributed by atoms with Crippen molar-refractivity contribution >= 4 is 17.6 Å². The number of anilines is 1. The van der Waals surface area contributed by atoms with E-state index in [1.165, 1.54) is 5.56 Å². The van der Waals surface area contributed by atoms with Crippen LogP contribution >= 0.6 is 0 Å². The van der Waals surface area contributed by atoms with Gasteiger partial charge in [0.05, 0.1) is 12.2 Å². The normalized spacial score (nSPS) is 12.2. The minimum atomic E-state index is -0.606. The van der Waals surface area contributed by atoms with Gasteiger partial charge in [-0.15, -0.1) is 0 Å². The lowest BCUT2D eigenvalue weighted by molar-refractivity contribution is -0.122. The molecule has 0 unspecified atom stereocenters. The van der Waals surface area contributed by atoms with E-state index < -0.39 is 6.10 Å². The first-order valence-electron chi connectivity index (χ1n) is 9.59. The van der Waals surface area contributed by atoms with Crippen molar-refractivity contribution in [2.75, 3.05) is 11.9 Å².